The molecule has 1 aromatic heterocycles. The molecule has 0 aliphatic heterocycles. The van der Waals surface area contributed by atoms with Crippen LogP contribution in [-0.4, -0.2) is 22.8 Å². The number of aromatic nitrogens is 2. The molecule has 0 aliphatic carbocycles. The van der Waals surface area contributed by atoms with Gasteiger partial charge in [-0.15, -0.1) is 0 Å². The van der Waals surface area contributed by atoms with Gasteiger partial charge in [-0.2, -0.15) is 0 Å². The Morgan fingerprint density at radius 1 is 1.07 bits per heavy atom. The molecule has 0 unspecified atom stereocenters. The lowest BCUT2D eigenvalue weighted by molar-refractivity contribution is 0.414. The number of rotatable bonds is 8. The summed E-state index contributed by atoms with van der Waals surface area (Å²) in [5, 5.41) is 1.77. The van der Waals surface area contributed by atoms with Crippen molar-refractivity contribution < 1.29 is 4.74 Å². The van der Waals surface area contributed by atoms with Crippen molar-refractivity contribution in [2.24, 2.45) is 0 Å². The maximum absolute atomic E-state index is 12.6. The second-order valence-corrected chi connectivity index (χ2v) is 8.37. The van der Waals surface area contributed by atoms with Crippen LogP contribution < -0.4 is 10.3 Å². The van der Waals surface area contributed by atoms with Crippen molar-refractivity contribution in [2.45, 2.75) is 31.3 Å². The summed E-state index contributed by atoms with van der Waals surface area (Å²) < 4.78 is 5.18. The molecule has 3 rings (SSSR count). The second kappa shape index (κ2) is 10.2. The number of nitrogens with one attached hydrogen (secondary N) is 1. The first-order valence-electron chi connectivity index (χ1n) is 9.32. The summed E-state index contributed by atoms with van der Waals surface area (Å²) in [4.78, 5) is 20.2. The minimum Gasteiger partial charge on any atom is -0.497 e. The van der Waals surface area contributed by atoms with E-state index in [1.165, 1.54) is 17.3 Å². The number of halogens is 2. The Morgan fingerprint density at radius 2 is 1.76 bits per heavy atom. The molecule has 0 amide bonds. The number of H-pyrrole nitrogens is 1. The molecule has 7 heteroatoms. The largest absolute Gasteiger partial charge is 0.497 e. The van der Waals surface area contributed by atoms with Crippen LogP contribution in [0.25, 0.3) is 0 Å². The van der Waals surface area contributed by atoms with Gasteiger partial charge in [-0.05, 0) is 48.2 Å². The highest BCUT2D eigenvalue weighted by molar-refractivity contribution is 7.99. The molecule has 0 bridgehead atoms. The highest BCUT2D eigenvalue weighted by Crippen LogP contribution is 2.27. The lowest BCUT2D eigenvalue weighted by Gasteiger charge is -2.11. The monoisotopic (exact) mass is 448 g/mol. The number of hydrogen-bond acceptors (Lipinski definition) is 4. The molecule has 0 fully saturated rings. The van der Waals surface area contributed by atoms with Crippen molar-refractivity contribution in [2.75, 3.05) is 12.9 Å². The van der Waals surface area contributed by atoms with Gasteiger partial charge in [-0.25, -0.2) is 4.98 Å². The van der Waals surface area contributed by atoms with Crippen LogP contribution in [0.2, 0.25) is 10.0 Å². The Balaban J connectivity index is 1.77. The van der Waals surface area contributed by atoms with E-state index in [0.717, 1.165) is 29.2 Å². The van der Waals surface area contributed by atoms with E-state index in [4.69, 9.17) is 32.9 Å². The van der Waals surface area contributed by atoms with Crippen LogP contribution in [0.5, 0.6) is 5.75 Å². The second-order valence-electron chi connectivity index (χ2n) is 6.47. The average molecular weight is 449 g/mol. The molecule has 0 saturated heterocycles. The highest BCUT2D eigenvalue weighted by atomic mass is 35.5. The SMILES string of the molecule is CCc1c(Cc2c(Cl)cccc2Cl)nc(SCCc2ccc(OC)cc2)[nH]c1=O. The fraction of sp³-hybridized carbons (Fsp3) is 0.273. The first-order valence-corrected chi connectivity index (χ1v) is 11.1. The van der Waals surface area contributed by atoms with E-state index in [2.05, 4.69) is 4.98 Å². The summed E-state index contributed by atoms with van der Waals surface area (Å²) in [7, 11) is 1.65. The van der Waals surface area contributed by atoms with Crippen molar-refractivity contribution in [3.8, 4) is 5.75 Å². The number of methoxy groups -OCH3 is 1. The van der Waals surface area contributed by atoms with Crippen molar-refractivity contribution in [1.29, 1.82) is 0 Å². The van der Waals surface area contributed by atoms with Crippen molar-refractivity contribution in [3.63, 3.8) is 0 Å². The fourth-order valence-corrected chi connectivity index (χ4v) is 4.43. The Kier molecular flexibility index (Phi) is 7.64. The molecule has 2 aromatic carbocycles. The number of nitrogens with zero attached hydrogens (tertiary/aromatic N) is 1. The smallest absolute Gasteiger partial charge is 0.254 e. The first-order chi connectivity index (χ1) is 14.0. The summed E-state index contributed by atoms with van der Waals surface area (Å²) in [5.74, 6) is 1.64. The summed E-state index contributed by atoms with van der Waals surface area (Å²) >= 11 is 14.2. The minimum absolute atomic E-state index is 0.104. The van der Waals surface area contributed by atoms with Crippen molar-refractivity contribution >= 4 is 35.0 Å². The molecule has 1 heterocycles. The zero-order chi connectivity index (χ0) is 20.8. The predicted octanol–water partition coefficient (Wildman–Crippen LogP) is 5.57. The van der Waals surface area contributed by atoms with Gasteiger partial charge in [0.25, 0.3) is 5.56 Å². The molecular formula is C22H22Cl2N2O2S. The number of thioether (sulfide) groups is 1. The number of aryl methyl sites for hydroxylation is 1. The van der Waals surface area contributed by atoms with E-state index in [9.17, 15) is 4.79 Å². The highest BCUT2D eigenvalue weighted by Gasteiger charge is 2.14. The van der Waals surface area contributed by atoms with Gasteiger partial charge in [0.1, 0.15) is 5.75 Å². The Bertz CT molecular complexity index is 1020. The molecular weight excluding hydrogens is 427 g/mol. The van der Waals surface area contributed by atoms with E-state index in [0.29, 0.717) is 33.6 Å². The van der Waals surface area contributed by atoms with Crippen LogP contribution in [0.1, 0.15) is 29.3 Å². The Labute approximate surface area is 184 Å². The zero-order valence-corrected chi connectivity index (χ0v) is 18.6. The fourth-order valence-electron chi connectivity index (χ4n) is 3.03. The van der Waals surface area contributed by atoms with Crippen LogP contribution in [0.15, 0.2) is 52.4 Å². The summed E-state index contributed by atoms with van der Waals surface area (Å²) in [6.07, 6.45) is 1.88. The molecule has 29 heavy (non-hydrogen) atoms. The molecule has 0 saturated carbocycles. The van der Waals surface area contributed by atoms with E-state index < -0.39 is 0 Å². The number of ether oxygens (including phenoxy) is 1. The van der Waals surface area contributed by atoms with Crippen LogP contribution >= 0.6 is 35.0 Å². The van der Waals surface area contributed by atoms with E-state index >= 15 is 0 Å². The van der Waals surface area contributed by atoms with Gasteiger partial charge in [0.2, 0.25) is 0 Å². The summed E-state index contributed by atoms with van der Waals surface area (Å²) in [6.45, 7) is 1.94. The van der Waals surface area contributed by atoms with Gasteiger partial charge in [-0.3, -0.25) is 4.79 Å². The van der Waals surface area contributed by atoms with E-state index in [1.807, 2.05) is 31.2 Å². The molecule has 0 atom stereocenters. The number of aromatic amines is 1. The zero-order valence-electron chi connectivity index (χ0n) is 16.3. The van der Waals surface area contributed by atoms with Crippen LogP contribution in [0.3, 0.4) is 0 Å². The Morgan fingerprint density at radius 3 is 2.38 bits per heavy atom. The lowest BCUT2D eigenvalue weighted by atomic mass is 10.0. The molecule has 0 radical (unpaired) electrons. The predicted molar refractivity (Wildman–Crippen MR) is 121 cm³/mol. The van der Waals surface area contributed by atoms with E-state index in [-0.39, 0.29) is 5.56 Å². The maximum Gasteiger partial charge on any atom is 0.254 e. The van der Waals surface area contributed by atoms with Gasteiger partial charge in [0.15, 0.2) is 5.16 Å². The van der Waals surface area contributed by atoms with Crippen molar-refractivity contribution in [3.05, 3.63) is 85.2 Å². The molecule has 3 aromatic rings. The third kappa shape index (κ3) is 5.56. The van der Waals surface area contributed by atoms with Gasteiger partial charge in [0.05, 0.1) is 12.8 Å². The van der Waals surface area contributed by atoms with Gasteiger partial charge in [-0.1, -0.05) is 60.1 Å². The Hall–Kier alpha value is -1.95. The van der Waals surface area contributed by atoms with Crippen LogP contribution in [0.4, 0.5) is 0 Å². The molecule has 0 aliphatic rings. The van der Waals surface area contributed by atoms with Gasteiger partial charge in [0, 0.05) is 27.8 Å². The van der Waals surface area contributed by atoms with Crippen LogP contribution in [0, 0.1) is 0 Å². The topological polar surface area (TPSA) is 55.0 Å². The molecule has 152 valence electrons. The number of benzene rings is 2. The first kappa shape index (κ1) is 21.8. The standard InChI is InChI=1S/C22H22Cl2N2O2S/c1-3-16-20(13-17-18(23)5-4-6-19(17)24)25-22(26-21(16)27)29-12-11-14-7-9-15(28-2)10-8-14/h4-10H,3,11-13H2,1-2H3,(H,25,26,27). The molecule has 4 nitrogen and oxygen atoms in total. The molecule has 1 N–H and O–H groups in total. The van der Waals surface area contributed by atoms with Gasteiger partial charge >= 0.3 is 0 Å². The van der Waals surface area contributed by atoms with Gasteiger partial charge < -0.3 is 9.72 Å². The average Bonchev–Trinajstić information content (AvgIpc) is 2.71. The summed E-state index contributed by atoms with van der Waals surface area (Å²) in [6, 6.07) is 13.4. The number of hydrogen-bond donors (Lipinski definition) is 1. The normalized spacial score (nSPS) is 10.9. The molecule has 0 spiro atoms. The maximum atomic E-state index is 12.6. The van der Waals surface area contributed by atoms with E-state index in [1.54, 1.807) is 25.3 Å². The van der Waals surface area contributed by atoms with Crippen molar-refractivity contribution in [1.82, 2.24) is 9.97 Å². The summed E-state index contributed by atoms with van der Waals surface area (Å²) in [5.41, 5.74) is 3.28. The van der Waals surface area contributed by atoms with Crippen LogP contribution in [-0.2, 0) is 19.3 Å². The quantitative estimate of drug-likeness (QED) is 0.361. The third-order valence-electron chi connectivity index (χ3n) is 4.63. The third-order valence-corrected chi connectivity index (χ3v) is 6.21. The minimum atomic E-state index is -0.104. The lowest BCUT2D eigenvalue weighted by Crippen LogP contribution is -2.18.